The zero-order valence-electron chi connectivity index (χ0n) is 11.9. The van der Waals surface area contributed by atoms with Crippen molar-refractivity contribution in [1.29, 1.82) is 0 Å². The van der Waals surface area contributed by atoms with E-state index in [1.54, 1.807) is 0 Å². The molecule has 2 unspecified atom stereocenters. The lowest BCUT2D eigenvalue weighted by Gasteiger charge is -2.32. The third kappa shape index (κ3) is 4.28. The highest BCUT2D eigenvalue weighted by molar-refractivity contribution is 4.78. The second-order valence-corrected chi connectivity index (χ2v) is 6.73. The summed E-state index contributed by atoms with van der Waals surface area (Å²) in [6.45, 7) is 6.13. The summed E-state index contributed by atoms with van der Waals surface area (Å²) >= 11 is 0. The molecule has 0 saturated heterocycles. The second kappa shape index (κ2) is 6.78. The summed E-state index contributed by atoms with van der Waals surface area (Å²) < 4.78 is 0. The van der Waals surface area contributed by atoms with Crippen LogP contribution in [-0.4, -0.2) is 12.6 Å². The largest absolute Gasteiger partial charge is 0.314 e. The summed E-state index contributed by atoms with van der Waals surface area (Å²) in [6, 6.07) is 0.757. The Bertz CT molecular complexity index is 208. The molecule has 2 fully saturated rings. The fourth-order valence-corrected chi connectivity index (χ4v) is 3.90. The first-order valence-electron chi connectivity index (χ1n) is 7.99. The average Bonchev–Trinajstić information content (AvgIpc) is 2.37. The number of rotatable bonds is 4. The standard InChI is InChI=1S/C16H31N/c1-13-7-6-8-15(11-13)12-17-14(2)16-9-4-3-5-10-16/h13-17H,3-12H2,1-2H3/t13?,14-,15?/m1/s1. The predicted octanol–water partition coefficient (Wildman–Crippen LogP) is 4.37. The van der Waals surface area contributed by atoms with Crippen LogP contribution in [-0.2, 0) is 0 Å². The van der Waals surface area contributed by atoms with Crippen LogP contribution < -0.4 is 5.32 Å². The lowest BCUT2D eigenvalue weighted by atomic mass is 9.81. The maximum absolute atomic E-state index is 3.84. The van der Waals surface area contributed by atoms with Crippen LogP contribution in [0, 0.1) is 17.8 Å². The van der Waals surface area contributed by atoms with Gasteiger partial charge >= 0.3 is 0 Å². The van der Waals surface area contributed by atoms with Gasteiger partial charge in [0.05, 0.1) is 0 Å². The summed E-state index contributed by atoms with van der Waals surface area (Å²) in [5.41, 5.74) is 0. The van der Waals surface area contributed by atoms with Crippen LogP contribution in [0.3, 0.4) is 0 Å². The average molecular weight is 237 g/mol. The van der Waals surface area contributed by atoms with Gasteiger partial charge in [0.25, 0.3) is 0 Å². The van der Waals surface area contributed by atoms with Gasteiger partial charge in [-0.25, -0.2) is 0 Å². The molecule has 1 N–H and O–H groups in total. The molecule has 0 bridgehead atoms. The van der Waals surface area contributed by atoms with Crippen LogP contribution in [0.4, 0.5) is 0 Å². The van der Waals surface area contributed by atoms with Gasteiger partial charge in [0.2, 0.25) is 0 Å². The lowest BCUT2D eigenvalue weighted by Crippen LogP contribution is -2.38. The molecule has 0 amide bonds. The van der Waals surface area contributed by atoms with Crippen LogP contribution >= 0.6 is 0 Å². The zero-order chi connectivity index (χ0) is 12.1. The molecule has 100 valence electrons. The van der Waals surface area contributed by atoms with E-state index in [1.807, 2.05) is 0 Å². The van der Waals surface area contributed by atoms with Gasteiger partial charge in [-0.15, -0.1) is 0 Å². The monoisotopic (exact) mass is 237 g/mol. The summed E-state index contributed by atoms with van der Waals surface area (Å²) in [4.78, 5) is 0. The van der Waals surface area contributed by atoms with E-state index >= 15 is 0 Å². The van der Waals surface area contributed by atoms with Crippen molar-refractivity contribution in [1.82, 2.24) is 5.32 Å². The molecule has 0 spiro atoms. The minimum Gasteiger partial charge on any atom is -0.314 e. The molecule has 1 nitrogen and oxygen atoms in total. The Balaban J connectivity index is 1.66. The van der Waals surface area contributed by atoms with Gasteiger partial charge in [-0.3, -0.25) is 0 Å². The minimum atomic E-state index is 0.757. The molecular weight excluding hydrogens is 206 g/mol. The van der Waals surface area contributed by atoms with Crippen LogP contribution in [0.1, 0.15) is 71.6 Å². The molecule has 1 heteroatoms. The van der Waals surface area contributed by atoms with Gasteiger partial charge in [0.15, 0.2) is 0 Å². The van der Waals surface area contributed by atoms with Crippen molar-refractivity contribution in [3.8, 4) is 0 Å². The lowest BCUT2D eigenvalue weighted by molar-refractivity contribution is 0.236. The molecule has 2 aliphatic carbocycles. The Labute approximate surface area is 108 Å². The topological polar surface area (TPSA) is 12.0 Å². The molecule has 0 aliphatic heterocycles. The van der Waals surface area contributed by atoms with Gasteiger partial charge in [0.1, 0.15) is 0 Å². The van der Waals surface area contributed by atoms with Crippen molar-refractivity contribution in [2.75, 3.05) is 6.54 Å². The second-order valence-electron chi connectivity index (χ2n) is 6.73. The fraction of sp³-hybridized carbons (Fsp3) is 1.00. The van der Waals surface area contributed by atoms with Crippen molar-refractivity contribution in [2.24, 2.45) is 17.8 Å². The van der Waals surface area contributed by atoms with Crippen LogP contribution in [0.15, 0.2) is 0 Å². The van der Waals surface area contributed by atoms with Crippen molar-refractivity contribution in [2.45, 2.75) is 77.7 Å². The molecule has 0 aromatic rings. The van der Waals surface area contributed by atoms with Crippen molar-refractivity contribution in [3.05, 3.63) is 0 Å². The highest BCUT2D eigenvalue weighted by Gasteiger charge is 2.22. The quantitative estimate of drug-likeness (QED) is 0.765. The summed E-state index contributed by atoms with van der Waals surface area (Å²) in [7, 11) is 0. The fourth-order valence-electron chi connectivity index (χ4n) is 3.90. The zero-order valence-corrected chi connectivity index (χ0v) is 11.9. The van der Waals surface area contributed by atoms with Crippen molar-refractivity contribution >= 4 is 0 Å². The molecule has 0 radical (unpaired) electrons. The van der Waals surface area contributed by atoms with Gasteiger partial charge in [0, 0.05) is 6.04 Å². The SMILES string of the molecule is CC1CCCC(CN[C@H](C)C2CCCCC2)C1. The maximum Gasteiger partial charge on any atom is 0.00671 e. The summed E-state index contributed by atoms with van der Waals surface area (Å²) in [6.07, 6.45) is 13.2. The smallest absolute Gasteiger partial charge is 0.00671 e. The van der Waals surface area contributed by atoms with Crippen LogP contribution in [0.2, 0.25) is 0 Å². The third-order valence-electron chi connectivity index (χ3n) is 5.13. The van der Waals surface area contributed by atoms with E-state index in [0.29, 0.717) is 0 Å². The molecule has 0 aromatic heterocycles. The van der Waals surface area contributed by atoms with E-state index in [2.05, 4.69) is 19.2 Å². The first-order chi connectivity index (χ1) is 8.25. The van der Waals surface area contributed by atoms with E-state index in [-0.39, 0.29) is 0 Å². The molecule has 2 rings (SSSR count). The Hall–Kier alpha value is -0.0400. The first kappa shape index (κ1) is 13.4. The van der Waals surface area contributed by atoms with E-state index in [1.165, 1.54) is 64.3 Å². The van der Waals surface area contributed by atoms with Crippen LogP contribution in [0.25, 0.3) is 0 Å². The van der Waals surface area contributed by atoms with Gasteiger partial charge in [-0.05, 0) is 56.9 Å². The van der Waals surface area contributed by atoms with Gasteiger partial charge < -0.3 is 5.32 Å². The van der Waals surface area contributed by atoms with Crippen molar-refractivity contribution < 1.29 is 0 Å². The minimum absolute atomic E-state index is 0.757. The molecule has 3 atom stereocenters. The molecule has 0 heterocycles. The Morgan fingerprint density at radius 1 is 1.00 bits per heavy atom. The van der Waals surface area contributed by atoms with Gasteiger partial charge in [-0.1, -0.05) is 39.0 Å². The van der Waals surface area contributed by atoms with Crippen LogP contribution in [0.5, 0.6) is 0 Å². The molecule has 2 aliphatic rings. The number of hydrogen-bond donors (Lipinski definition) is 1. The molecule has 0 aromatic carbocycles. The molecule has 17 heavy (non-hydrogen) atoms. The highest BCUT2D eigenvalue weighted by Crippen LogP contribution is 2.29. The van der Waals surface area contributed by atoms with E-state index < -0.39 is 0 Å². The van der Waals surface area contributed by atoms with Gasteiger partial charge in [-0.2, -0.15) is 0 Å². The Kier molecular flexibility index (Phi) is 5.34. The normalized spacial score (nSPS) is 33.5. The third-order valence-corrected chi connectivity index (χ3v) is 5.13. The Morgan fingerprint density at radius 3 is 2.47 bits per heavy atom. The number of nitrogens with one attached hydrogen (secondary N) is 1. The number of hydrogen-bond acceptors (Lipinski definition) is 1. The maximum atomic E-state index is 3.84. The van der Waals surface area contributed by atoms with E-state index in [9.17, 15) is 0 Å². The Morgan fingerprint density at radius 2 is 1.76 bits per heavy atom. The molecular formula is C16H31N. The van der Waals surface area contributed by atoms with Crippen molar-refractivity contribution in [3.63, 3.8) is 0 Å². The van der Waals surface area contributed by atoms with E-state index in [0.717, 1.165) is 23.8 Å². The molecule has 2 saturated carbocycles. The highest BCUT2D eigenvalue weighted by atomic mass is 14.9. The summed E-state index contributed by atoms with van der Waals surface area (Å²) in [5, 5.41) is 3.84. The van der Waals surface area contributed by atoms with E-state index in [4.69, 9.17) is 0 Å². The predicted molar refractivity (Wildman–Crippen MR) is 75.2 cm³/mol. The first-order valence-corrected chi connectivity index (χ1v) is 7.99. The summed E-state index contributed by atoms with van der Waals surface area (Å²) in [5.74, 6) is 2.90.